The number of benzene rings is 1. The van der Waals surface area contributed by atoms with Crippen molar-refractivity contribution in [2.75, 3.05) is 25.1 Å². The third-order valence-electron chi connectivity index (χ3n) is 4.81. The van der Waals surface area contributed by atoms with E-state index < -0.39 is 23.3 Å². The summed E-state index contributed by atoms with van der Waals surface area (Å²) in [5, 5.41) is 11.2. The van der Waals surface area contributed by atoms with Crippen molar-refractivity contribution in [3.63, 3.8) is 0 Å². The van der Waals surface area contributed by atoms with Crippen LogP contribution in [0.2, 0.25) is 10.0 Å². The number of pyridine rings is 1. The third kappa shape index (κ3) is 3.44. The second-order valence-electron chi connectivity index (χ2n) is 6.47. The number of likely N-dealkylation sites (N-methyl/N-ethyl adjacent to an activating group) is 1. The van der Waals surface area contributed by atoms with Gasteiger partial charge in [0.1, 0.15) is 6.61 Å². The second-order valence-corrected chi connectivity index (χ2v) is 7.31. The number of ether oxygens (including phenoxy) is 1. The molecule has 1 aliphatic rings. The predicted octanol–water partition coefficient (Wildman–Crippen LogP) is 4.77. The Labute approximate surface area is 164 Å². The predicted molar refractivity (Wildman–Crippen MR) is 97.8 cm³/mol. The number of halogens is 5. The molecular weight excluding hydrogens is 404 g/mol. The summed E-state index contributed by atoms with van der Waals surface area (Å²) in [6.07, 6.45) is -3.95. The van der Waals surface area contributed by atoms with E-state index in [1.165, 1.54) is 31.2 Å². The summed E-state index contributed by atoms with van der Waals surface area (Å²) in [7, 11) is 1.76. The molecule has 1 aromatic carbocycles. The maximum atomic E-state index is 14.0. The fourth-order valence-corrected chi connectivity index (χ4v) is 3.75. The van der Waals surface area contributed by atoms with E-state index in [9.17, 15) is 18.3 Å². The molecule has 27 heavy (non-hydrogen) atoms. The molecule has 2 unspecified atom stereocenters. The van der Waals surface area contributed by atoms with Crippen LogP contribution in [0.3, 0.4) is 0 Å². The van der Waals surface area contributed by atoms with Crippen LogP contribution in [0.5, 0.6) is 5.75 Å². The van der Waals surface area contributed by atoms with Crippen molar-refractivity contribution in [1.29, 1.82) is 0 Å². The van der Waals surface area contributed by atoms with Crippen LogP contribution in [0.25, 0.3) is 0 Å². The molecule has 9 heteroatoms. The topological polar surface area (TPSA) is 45.6 Å². The van der Waals surface area contributed by atoms with Gasteiger partial charge in [0.2, 0.25) is 0 Å². The van der Waals surface area contributed by atoms with Crippen LogP contribution in [-0.2, 0) is 5.60 Å². The van der Waals surface area contributed by atoms with E-state index in [1.807, 2.05) is 0 Å². The number of hydrogen-bond donors (Lipinski definition) is 1. The number of fused-ring (bicyclic) bond motifs is 1. The molecule has 0 saturated heterocycles. The molecule has 2 aromatic rings. The van der Waals surface area contributed by atoms with Crippen LogP contribution >= 0.6 is 23.2 Å². The molecule has 146 valence electrons. The minimum atomic E-state index is -4.98. The number of rotatable bonds is 3. The van der Waals surface area contributed by atoms with Gasteiger partial charge in [-0.1, -0.05) is 36.2 Å². The molecule has 2 atom stereocenters. The fraction of sp³-hybridized carbons (Fsp3) is 0.389. The van der Waals surface area contributed by atoms with Gasteiger partial charge in [-0.2, -0.15) is 13.2 Å². The summed E-state index contributed by atoms with van der Waals surface area (Å²) in [4.78, 5) is 5.85. The zero-order chi connectivity index (χ0) is 20.0. The Morgan fingerprint density at radius 2 is 1.96 bits per heavy atom. The van der Waals surface area contributed by atoms with Gasteiger partial charge in [-0.25, -0.2) is 4.98 Å². The van der Waals surface area contributed by atoms with Gasteiger partial charge in [-0.3, -0.25) is 0 Å². The van der Waals surface area contributed by atoms with Crippen molar-refractivity contribution < 1.29 is 23.0 Å². The molecule has 2 heterocycles. The SMILES string of the molecule is CC(c1ccc(Cl)cc1Cl)C(O)(c1cnc2c(c1)OCCN2C)C(F)(F)F. The number of hydrogen-bond acceptors (Lipinski definition) is 4. The molecule has 4 nitrogen and oxygen atoms in total. The molecule has 0 fully saturated rings. The summed E-state index contributed by atoms with van der Waals surface area (Å²) in [6, 6.07) is 5.34. The zero-order valence-corrected chi connectivity index (χ0v) is 16.0. The van der Waals surface area contributed by atoms with E-state index in [4.69, 9.17) is 27.9 Å². The van der Waals surface area contributed by atoms with E-state index >= 15 is 0 Å². The van der Waals surface area contributed by atoms with Crippen LogP contribution < -0.4 is 9.64 Å². The molecular formula is C18H17Cl2F3N2O2. The molecule has 0 bridgehead atoms. The lowest BCUT2D eigenvalue weighted by Crippen LogP contribution is -2.47. The van der Waals surface area contributed by atoms with Crippen molar-refractivity contribution in [2.45, 2.75) is 24.6 Å². The average Bonchev–Trinajstić information content (AvgIpc) is 2.59. The smallest absolute Gasteiger partial charge is 0.422 e. The minimum absolute atomic E-state index is 0.0413. The number of aromatic nitrogens is 1. The highest BCUT2D eigenvalue weighted by molar-refractivity contribution is 6.35. The van der Waals surface area contributed by atoms with Gasteiger partial charge in [0.05, 0.1) is 6.54 Å². The minimum Gasteiger partial charge on any atom is -0.488 e. The highest BCUT2D eigenvalue weighted by Gasteiger charge is 2.59. The van der Waals surface area contributed by atoms with Gasteiger partial charge in [0.25, 0.3) is 0 Å². The van der Waals surface area contributed by atoms with Crippen LogP contribution in [0.15, 0.2) is 30.5 Å². The van der Waals surface area contributed by atoms with Crippen LogP contribution in [-0.4, -0.2) is 36.5 Å². The van der Waals surface area contributed by atoms with Gasteiger partial charge in [0, 0.05) is 34.8 Å². The van der Waals surface area contributed by atoms with Crippen LogP contribution in [0, 0.1) is 0 Å². The normalized spacial score (nSPS) is 17.7. The molecule has 0 amide bonds. The molecule has 1 aliphatic heterocycles. The van der Waals surface area contributed by atoms with Crippen LogP contribution in [0.1, 0.15) is 24.0 Å². The van der Waals surface area contributed by atoms with Gasteiger partial charge >= 0.3 is 6.18 Å². The lowest BCUT2D eigenvalue weighted by molar-refractivity contribution is -0.274. The van der Waals surface area contributed by atoms with Gasteiger partial charge in [0.15, 0.2) is 17.2 Å². The first kappa shape index (κ1) is 20.0. The monoisotopic (exact) mass is 420 g/mol. The van der Waals surface area contributed by atoms with Crippen molar-refractivity contribution in [3.8, 4) is 5.75 Å². The molecule has 1 N–H and O–H groups in total. The Balaban J connectivity index is 2.13. The van der Waals surface area contributed by atoms with Gasteiger partial charge in [-0.05, 0) is 23.8 Å². The fourth-order valence-electron chi connectivity index (χ4n) is 3.17. The Morgan fingerprint density at radius 3 is 2.59 bits per heavy atom. The summed E-state index contributed by atoms with van der Waals surface area (Å²) >= 11 is 11.9. The molecule has 0 radical (unpaired) electrons. The number of nitrogens with zero attached hydrogens (tertiary/aromatic N) is 2. The summed E-state index contributed by atoms with van der Waals surface area (Å²) in [5.41, 5.74) is -3.51. The summed E-state index contributed by atoms with van der Waals surface area (Å²) in [5.74, 6) is -0.798. The van der Waals surface area contributed by atoms with E-state index in [1.54, 1.807) is 11.9 Å². The molecule has 1 aromatic heterocycles. The zero-order valence-electron chi connectivity index (χ0n) is 14.5. The van der Waals surface area contributed by atoms with Crippen LogP contribution in [0.4, 0.5) is 19.0 Å². The third-order valence-corrected chi connectivity index (χ3v) is 5.37. The van der Waals surface area contributed by atoms with Gasteiger partial charge < -0.3 is 14.7 Å². The number of aliphatic hydroxyl groups is 1. The molecule has 3 rings (SSSR count). The average molecular weight is 421 g/mol. The van der Waals surface area contributed by atoms with Crippen molar-refractivity contribution in [1.82, 2.24) is 4.98 Å². The highest BCUT2D eigenvalue weighted by atomic mass is 35.5. The lowest BCUT2D eigenvalue weighted by Gasteiger charge is -2.37. The first-order valence-electron chi connectivity index (χ1n) is 8.14. The van der Waals surface area contributed by atoms with E-state index in [0.29, 0.717) is 24.0 Å². The maximum absolute atomic E-state index is 14.0. The Kier molecular flexibility index (Phi) is 5.22. The molecule has 0 aliphatic carbocycles. The quantitative estimate of drug-likeness (QED) is 0.776. The first-order valence-corrected chi connectivity index (χ1v) is 8.89. The van der Waals surface area contributed by atoms with Crippen molar-refractivity contribution in [2.24, 2.45) is 0 Å². The molecule has 0 spiro atoms. The highest BCUT2D eigenvalue weighted by Crippen LogP contribution is 2.50. The summed E-state index contributed by atoms with van der Waals surface area (Å²) in [6.45, 7) is 2.15. The van der Waals surface area contributed by atoms with Crippen molar-refractivity contribution in [3.05, 3.63) is 51.6 Å². The first-order chi connectivity index (χ1) is 12.6. The Morgan fingerprint density at radius 1 is 1.26 bits per heavy atom. The standard InChI is InChI=1S/C18H17Cl2F3N2O2/c1-10(13-4-3-12(19)8-14(13)20)17(26,18(21,22)23)11-7-15-16(24-9-11)25(2)5-6-27-15/h3-4,7-10,26H,5-6H2,1-2H3. The van der Waals surface area contributed by atoms with Gasteiger partial charge in [-0.15, -0.1) is 0 Å². The van der Waals surface area contributed by atoms with E-state index in [0.717, 1.165) is 6.20 Å². The Bertz CT molecular complexity index is 863. The maximum Gasteiger partial charge on any atom is 0.422 e. The number of anilines is 1. The number of alkyl halides is 3. The Hall–Kier alpha value is -1.70. The van der Waals surface area contributed by atoms with E-state index in [-0.39, 0.29) is 16.3 Å². The molecule has 0 saturated carbocycles. The second kappa shape index (κ2) is 7.04. The van der Waals surface area contributed by atoms with E-state index in [2.05, 4.69) is 4.98 Å². The largest absolute Gasteiger partial charge is 0.488 e. The van der Waals surface area contributed by atoms with Crippen molar-refractivity contribution >= 4 is 29.0 Å². The summed E-state index contributed by atoms with van der Waals surface area (Å²) < 4.78 is 47.6. The lowest BCUT2D eigenvalue weighted by atomic mass is 9.78.